The van der Waals surface area contributed by atoms with Gasteiger partial charge in [0.05, 0.1) is 5.52 Å². The number of nitrogens with zero attached hydrogens (tertiary/aromatic N) is 3. The largest absolute Gasteiger partial charge is 0.339 e. The van der Waals surface area contributed by atoms with Crippen molar-refractivity contribution in [2.75, 3.05) is 0 Å². The van der Waals surface area contributed by atoms with Crippen molar-refractivity contribution in [3.8, 4) is 11.4 Å². The Morgan fingerprint density at radius 1 is 1.33 bits per heavy atom. The second-order valence-corrected chi connectivity index (χ2v) is 4.09. The van der Waals surface area contributed by atoms with Gasteiger partial charge in [-0.05, 0) is 6.07 Å². The van der Waals surface area contributed by atoms with Gasteiger partial charge in [0.2, 0.25) is 17.6 Å². The summed E-state index contributed by atoms with van der Waals surface area (Å²) in [4.78, 5) is 15.8. The van der Waals surface area contributed by atoms with Gasteiger partial charge in [0.25, 0.3) is 0 Å². The summed E-state index contributed by atoms with van der Waals surface area (Å²) in [5.41, 5.74) is 1.65. The predicted octanol–water partition coefficient (Wildman–Crippen LogP) is 2.66. The van der Waals surface area contributed by atoms with E-state index in [0.29, 0.717) is 11.7 Å². The van der Waals surface area contributed by atoms with Crippen LogP contribution in [-0.4, -0.2) is 20.6 Å². The van der Waals surface area contributed by atoms with E-state index in [-0.39, 0.29) is 5.91 Å². The Hall–Kier alpha value is -2.43. The lowest BCUT2D eigenvalue weighted by atomic mass is 10.2. The smallest absolute Gasteiger partial charge is 0.227 e. The van der Waals surface area contributed by atoms with Crippen LogP contribution in [0.3, 0.4) is 0 Å². The van der Waals surface area contributed by atoms with Crippen molar-refractivity contribution >= 4 is 16.8 Å². The van der Waals surface area contributed by atoms with Crippen molar-refractivity contribution in [3.05, 3.63) is 36.4 Å². The summed E-state index contributed by atoms with van der Waals surface area (Å²) in [7, 11) is 0. The molecule has 0 radical (unpaired) electrons. The van der Waals surface area contributed by atoms with Gasteiger partial charge in [-0.25, -0.2) is 0 Å². The quantitative estimate of drug-likeness (QED) is 0.657. The second-order valence-electron chi connectivity index (χ2n) is 4.09. The molecular formula is C13H11N3O2. The van der Waals surface area contributed by atoms with Crippen molar-refractivity contribution in [2.24, 2.45) is 0 Å². The highest BCUT2D eigenvalue weighted by molar-refractivity contribution is 6.00. The average molecular weight is 241 g/mol. The predicted molar refractivity (Wildman–Crippen MR) is 66.3 cm³/mol. The molecule has 2 heterocycles. The number of fused-ring (bicyclic) bond motifs is 1. The molecule has 0 saturated carbocycles. The lowest BCUT2D eigenvalue weighted by molar-refractivity contribution is 0.0942. The van der Waals surface area contributed by atoms with Crippen LogP contribution in [0.5, 0.6) is 0 Å². The SMILES string of the molecule is CC(=O)n1cc(-c2noc(C)n2)c2ccccc21. The molecule has 1 aromatic carbocycles. The summed E-state index contributed by atoms with van der Waals surface area (Å²) in [6.45, 7) is 3.26. The fourth-order valence-corrected chi connectivity index (χ4v) is 2.03. The third kappa shape index (κ3) is 1.52. The summed E-state index contributed by atoms with van der Waals surface area (Å²) in [5.74, 6) is 0.964. The molecule has 0 saturated heterocycles. The number of rotatable bonds is 1. The molecule has 0 unspecified atom stereocenters. The van der Waals surface area contributed by atoms with Crippen molar-refractivity contribution in [1.82, 2.24) is 14.7 Å². The highest BCUT2D eigenvalue weighted by Gasteiger charge is 2.15. The van der Waals surface area contributed by atoms with Crippen molar-refractivity contribution in [2.45, 2.75) is 13.8 Å². The van der Waals surface area contributed by atoms with Gasteiger partial charge in [0.1, 0.15) is 0 Å². The Kier molecular flexibility index (Phi) is 2.26. The molecule has 0 aliphatic heterocycles. The van der Waals surface area contributed by atoms with Crippen LogP contribution in [0.4, 0.5) is 0 Å². The zero-order valence-corrected chi connectivity index (χ0v) is 10.0. The zero-order chi connectivity index (χ0) is 12.7. The summed E-state index contributed by atoms with van der Waals surface area (Å²) >= 11 is 0. The van der Waals surface area contributed by atoms with E-state index in [1.807, 2.05) is 24.3 Å². The molecule has 0 fully saturated rings. The lowest BCUT2D eigenvalue weighted by Crippen LogP contribution is -2.02. The Morgan fingerprint density at radius 3 is 2.78 bits per heavy atom. The van der Waals surface area contributed by atoms with Crippen LogP contribution < -0.4 is 0 Å². The van der Waals surface area contributed by atoms with E-state index in [4.69, 9.17) is 4.52 Å². The number of carbonyl (C=O) groups excluding carboxylic acids is 1. The Balaban J connectivity index is 2.33. The standard InChI is InChI=1S/C13H11N3O2/c1-8-14-13(15-18-8)11-7-16(9(2)17)12-6-4-3-5-10(11)12/h3-7H,1-2H3. The highest BCUT2D eigenvalue weighted by Crippen LogP contribution is 2.28. The maximum Gasteiger partial charge on any atom is 0.227 e. The van der Waals surface area contributed by atoms with Crippen molar-refractivity contribution < 1.29 is 9.32 Å². The molecular weight excluding hydrogens is 230 g/mol. The lowest BCUT2D eigenvalue weighted by Gasteiger charge is -1.96. The minimum absolute atomic E-state index is 0.0438. The molecule has 2 aromatic heterocycles. The summed E-state index contributed by atoms with van der Waals surface area (Å²) in [6, 6.07) is 7.65. The first-order valence-electron chi connectivity index (χ1n) is 5.58. The number of aromatic nitrogens is 3. The number of carbonyl (C=O) groups is 1. The van der Waals surface area contributed by atoms with Gasteiger partial charge >= 0.3 is 0 Å². The van der Waals surface area contributed by atoms with Crippen molar-refractivity contribution in [3.63, 3.8) is 0 Å². The number of para-hydroxylation sites is 1. The van der Waals surface area contributed by atoms with Crippen LogP contribution in [-0.2, 0) is 0 Å². The van der Waals surface area contributed by atoms with Crippen LogP contribution in [0, 0.1) is 6.92 Å². The molecule has 18 heavy (non-hydrogen) atoms. The van der Waals surface area contributed by atoms with Crippen LogP contribution in [0.1, 0.15) is 17.6 Å². The fourth-order valence-electron chi connectivity index (χ4n) is 2.03. The average Bonchev–Trinajstić information content (AvgIpc) is 2.92. The number of hydrogen-bond acceptors (Lipinski definition) is 4. The van der Waals surface area contributed by atoms with Gasteiger partial charge in [0, 0.05) is 31.0 Å². The minimum Gasteiger partial charge on any atom is -0.339 e. The minimum atomic E-state index is -0.0438. The molecule has 3 rings (SSSR count). The van der Waals surface area contributed by atoms with E-state index in [9.17, 15) is 4.79 Å². The van der Waals surface area contributed by atoms with Gasteiger partial charge in [-0.1, -0.05) is 23.4 Å². The molecule has 0 bridgehead atoms. The van der Waals surface area contributed by atoms with Crippen LogP contribution in [0.25, 0.3) is 22.3 Å². The van der Waals surface area contributed by atoms with Gasteiger partial charge in [-0.15, -0.1) is 0 Å². The van der Waals surface area contributed by atoms with Gasteiger partial charge in [-0.2, -0.15) is 4.98 Å². The molecule has 0 spiro atoms. The maximum absolute atomic E-state index is 11.6. The van der Waals surface area contributed by atoms with E-state index >= 15 is 0 Å². The number of hydrogen-bond donors (Lipinski definition) is 0. The topological polar surface area (TPSA) is 60.9 Å². The van der Waals surface area contributed by atoms with E-state index < -0.39 is 0 Å². The highest BCUT2D eigenvalue weighted by atomic mass is 16.5. The fraction of sp³-hybridized carbons (Fsp3) is 0.154. The molecule has 0 atom stereocenters. The number of aryl methyl sites for hydroxylation is 1. The molecule has 5 heteroatoms. The van der Waals surface area contributed by atoms with Crippen molar-refractivity contribution in [1.29, 1.82) is 0 Å². The Labute approximate surface area is 103 Å². The van der Waals surface area contributed by atoms with E-state index in [1.165, 1.54) is 6.92 Å². The monoisotopic (exact) mass is 241 g/mol. The maximum atomic E-state index is 11.6. The molecule has 0 N–H and O–H groups in total. The van der Waals surface area contributed by atoms with Crippen LogP contribution in [0.2, 0.25) is 0 Å². The first-order valence-corrected chi connectivity index (χ1v) is 5.58. The van der Waals surface area contributed by atoms with Gasteiger partial charge in [-0.3, -0.25) is 9.36 Å². The molecule has 3 aromatic rings. The first-order chi connectivity index (χ1) is 8.66. The normalized spacial score (nSPS) is 11.0. The van der Waals surface area contributed by atoms with Gasteiger partial charge in [0.15, 0.2) is 0 Å². The second kappa shape index (κ2) is 3.80. The third-order valence-corrected chi connectivity index (χ3v) is 2.82. The van der Waals surface area contributed by atoms with Gasteiger partial charge < -0.3 is 4.52 Å². The Bertz CT molecular complexity index is 740. The summed E-state index contributed by atoms with van der Waals surface area (Å²) in [5, 5.41) is 4.84. The molecule has 0 amide bonds. The van der Waals surface area contributed by atoms with E-state index in [2.05, 4.69) is 10.1 Å². The summed E-state index contributed by atoms with van der Waals surface area (Å²) in [6.07, 6.45) is 1.75. The molecule has 5 nitrogen and oxygen atoms in total. The molecule has 0 aliphatic carbocycles. The zero-order valence-electron chi connectivity index (χ0n) is 10.0. The number of benzene rings is 1. The van der Waals surface area contributed by atoms with Crippen LogP contribution in [0.15, 0.2) is 35.0 Å². The summed E-state index contributed by atoms with van der Waals surface area (Å²) < 4.78 is 6.58. The van der Waals surface area contributed by atoms with E-state index in [0.717, 1.165) is 16.5 Å². The molecule has 0 aliphatic rings. The molecule has 90 valence electrons. The van der Waals surface area contributed by atoms with E-state index in [1.54, 1.807) is 17.7 Å². The third-order valence-electron chi connectivity index (χ3n) is 2.82. The Morgan fingerprint density at radius 2 is 2.11 bits per heavy atom. The van der Waals surface area contributed by atoms with Crippen LogP contribution >= 0.6 is 0 Å². The first kappa shape index (κ1) is 10.7.